The summed E-state index contributed by atoms with van der Waals surface area (Å²) in [5.74, 6) is 1.39. The molecule has 0 unspecified atom stereocenters. The van der Waals surface area contributed by atoms with Gasteiger partial charge in [0.1, 0.15) is 17.0 Å². The number of amides is 1. The van der Waals surface area contributed by atoms with E-state index < -0.39 is 0 Å². The highest BCUT2D eigenvalue weighted by atomic mass is 35.5. The Kier molecular flexibility index (Phi) is 6.20. The monoisotopic (exact) mass is 502 g/mol. The number of fused-ring (bicyclic) bond motifs is 1. The van der Waals surface area contributed by atoms with Crippen molar-refractivity contribution < 1.29 is 13.6 Å². The van der Waals surface area contributed by atoms with E-state index in [2.05, 4.69) is 17.2 Å². The second-order valence-corrected chi connectivity index (χ2v) is 9.06. The molecule has 5 aromatic rings. The van der Waals surface area contributed by atoms with Crippen molar-refractivity contribution in [1.82, 2.24) is 4.98 Å². The number of hydrogen-bond acceptors (Lipinski definition) is 4. The largest absolute Gasteiger partial charge is 0.457 e. The van der Waals surface area contributed by atoms with Crippen molar-refractivity contribution in [3.63, 3.8) is 0 Å². The molecule has 0 aliphatic rings. The molecular formula is C28H20Cl2N2O3. The first-order valence-electron chi connectivity index (χ1n) is 10.9. The number of carbonyl (C=O) groups is 1. The second kappa shape index (κ2) is 9.45. The Hall–Kier alpha value is -3.80. The molecule has 0 atom stereocenters. The fourth-order valence-corrected chi connectivity index (χ4v) is 4.16. The Labute approximate surface area is 212 Å². The molecule has 3 aromatic carbocycles. The number of anilines is 1. The van der Waals surface area contributed by atoms with Crippen LogP contribution >= 0.6 is 23.2 Å². The van der Waals surface area contributed by atoms with Gasteiger partial charge in [0.15, 0.2) is 5.58 Å². The van der Waals surface area contributed by atoms with Crippen molar-refractivity contribution in [2.24, 2.45) is 0 Å². The lowest BCUT2D eigenvalue weighted by Gasteiger charge is -2.02. The molecule has 0 radical (unpaired) electrons. The van der Waals surface area contributed by atoms with Gasteiger partial charge < -0.3 is 14.2 Å². The fourth-order valence-electron chi connectivity index (χ4n) is 3.63. The number of carbonyl (C=O) groups excluding carboxylic acids is 1. The molecule has 2 aromatic heterocycles. The fraction of sp³-hybridized carbons (Fsp3) is 0.0714. The maximum atomic E-state index is 12.4. The molecule has 7 heteroatoms. The van der Waals surface area contributed by atoms with Crippen molar-refractivity contribution in [1.29, 1.82) is 0 Å². The number of benzene rings is 3. The molecule has 0 bridgehead atoms. The third-order valence-electron chi connectivity index (χ3n) is 5.58. The van der Waals surface area contributed by atoms with Gasteiger partial charge in [-0.05, 0) is 97.8 Å². The van der Waals surface area contributed by atoms with E-state index in [1.165, 1.54) is 11.6 Å². The van der Waals surface area contributed by atoms with Crippen LogP contribution in [0.15, 0.2) is 81.6 Å². The van der Waals surface area contributed by atoms with Gasteiger partial charge in [-0.25, -0.2) is 4.98 Å². The first-order valence-corrected chi connectivity index (χ1v) is 11.6. The predicted octanol–water partition coefficient (Wildman–Crippen LogP) is 8.33. The molecule has 5 nitrogen and oxygen atoms in total. The number of rotatable bonds is 5. The van der Waals surface area contributed by atoms with Crippen LogP contribution in [0.4, 0.5) is 5.69 Å². The van der Waals surface area contributed by atoms with Crippen LogP contribution in [0, 0.1) is 13.8 Å². The van der Waals surface area contributed by atoms with Gasteiger partial charge in [0.25, 0.3) is 0 Å². The summed E-state index contributed by atoms with van der Waals surface area (Å²) in [7, 11) is 0. The highest BCUT2D eigenvalue weighted by molar-refractivity contribution is 6.35. The highest BCUT2D eigenvalue weighted by Gasteiger charge is 2.10. The SMILES string of the molecule is Cc1cc2nc(-c3ccc(NC(=O)/C=C/c4ccc(-c5cc(Cl)cc(Cl)c5)o4)cc3)oc2cc1C. The van der Waals surface area contributed by atoms with Crippen molar-refractivity contribution >= 4 is 52.0 Å². The van der Waals surface area contributed by atoms with Gasteiger partial charge in [-0.1, -0.05) is 23.2 Å². The van der Waals surface area contributed by atoms with Gasteiger partial charge >= 0.3 is 0 Å². The molecule has 0 saturated heterocycles. The Bertz CT molecular complexity index is 1520. The average molecular weight is 503 g/mol. The summed E-state index contributed by atoms with van der Waals surface area (Å²) in [4.78, 5) is 17.0. The van der Waals surface area contributed by atoms with Crippen molar-refractivity contribution in [2.45, 2.75) is 13.8 Å². The zero-order valence-electron chi connectivity index (χ0n) is 18.9. The molecule has 0 fully saturated rings. The van der Waals surface area contributed by atoms with E-state index in [4.69, 9.17) is 32.0 Å². The molecule has 174 valence electrons. The topological polar surface area (TPSA) is 68.3 Å². The van der Waals surface area contributed by atoms with Gasteiger partial charge in [0, 0.05) is 32.9 Å². The van der Waals surface area contributed by atoms with E-state index in [-0.39, 0.29) is 5.91 Å². The van der Waals surface area contributed by atoms with Gasteiger partial charge in [-0.3, -0.25) is 4.79 Å². The van der Waals surface area contributed by atoms with Crippen LogP contribution in [0.5, 0.6) is 0 Å². The standard InChI is InChI=1S/C28H20Cl2N2O3/c1-16-11-24-26(12-17(16)2)35-28(32-24)18-3-5-22(6-4-18)31-27(33)10-8-23-7-9-25(34-23)19-13-20(29)15-21(30)14-19/h3-15H,1-2H3,(H,31,33)/b10-8+. The van der Waals surface area contributed by atoms with E-state index in [0.717, 1.165) is 27.8 Å². The second-order valence-electron chi connectivity index (χ2n) is 8.18. The number of hydrogen-bond donors (Lipinski definition) is 1. The lowest BCUT2D eigenvalue weighted by molar-refractivity contribution is -0.111. The number of nitrogens with zero attached hydrogens (tertiary/aromatic N) is 1. The summed E-state index contributed by atoms with van der Waals surface area (Å²) >= 11 is 12.1. The first-order chi connectivity index (χ1) is 16.8. The van der Waals surface area contributed by atoms with E-state index in [0.29, 0.717) is 33.1 Å². The summed E-state index contributed by atoms with van der Waals surface area (Å²) in [6.45, 7) is 4.10. The molecule has 1 N–H and O–H groups in total. The van der Waals surface area contributed by atoms with Crippen LogP contribution < -0.4 is 5.32 Å². The highest BCUT2D eigenvalue weighted by Crippen LogP contribution is 2.29. The summed E-state index contributed by atoms with van der Waals surface area (Å²) in [6.07, 6.45) is 3.01. The number of halogens is 2. The third-order valence-corrected chi connectivity index (χ3v) is 6.01. The number of nitrogens with one attached hydrogen (secondary N) is 1. The van der Waals surface area contributed by atoms with Gasteiger partial charge in [-0.2, -0.15) is 0 Å². The molecule has 1 amide bonds. The summed E-state index contributed by atoms with van der Waals surface area (Å²) in [5.41, 5.74) is 6.15. The summed E-state index contributed by atoms with van der Waals surface area (Å²) in [5, 5.41) is 3.87. The van der Waals surface area contributed by atoms with Gasteiger partial charge in [0.05, 0.1) is 0 Å². The Balaban J connectivity index is 1.25. The normalized spacial score (nSPS) is 11.4. The van der Waals surface area contributed by atoms with E-state index >= 15 is 0 Å². The molecule has 35 heavy (non-hydrogen) atoms. The lowest BCUT2D eigenvalue weighted by Crippen LogP contribution is -2.07. The minimum Gasteiger partial charge on any atom is -0.457 e. The van der Waals surface area contributed by atoms with Crippen LogP contribution in [-0.4, -0.2) is 10.9 Å². The molecule has 2 heterocycles. The molecular weight excluding hydrogens is 483 g/mol. The van der Waals surface area contributed by atoms with E-state index in [1.807, 2.05) is 31.2 Å². The van der Waals surface area contributed by atoms with Gasteiger partial charge in [-0.15, -0.1) is 0 Å². The van der Waals surface area contributed by atoms with Crippen molar-refractivity contribution in [3.8, 4) is 22.8 Å². The minimum atomic E-state index is -0.283. The Morgan fingerprint density at radius 2 is 1.57 bits per heavy atom. The summed E-state index contributed by atoms with van der Waals surface area (Å²) in [6, 6.07) is 20.1. The molecule has 5 rings (SSSR count). The third kappa shape index (κ3) is 5.16. The molecule has 0 saturated carbocycles. The molecule has 0 spiro atoms. The average Bonchev–Trinajstić information content (AvgIpc) is 3.45. The van der Waals surface area contributed by atoms with E-state index in [1.54, 1.807) is 48.5 Å². The Morgan fingerprint density at radius 1 is 0.857 bits per heavy atom. The minimum absolute atomic E-state index is 0.283. The number of aromatic nitrogens is 1. The van der Waals surface area contributed by atoms with Crippen LogP contribution in [0.1, 0.15) is 16.9 Å². The van der Waals surface area contributed by atoms with Crippen molar-refractivity contribution in [3.05, 3.63) is 99.7 Å². The van der Waals surface area contributed by atoms with Crippen LogP contribution in [-0.2, 0) is 4.79 Å². The van der Waals surface area contributed by atoms with Crippen LogP contribution in [0.2, 0.25) is 10.0 Å². The molecule has 0 aliphatic carbocycles. The lowest BCUT2D eigenvalue weighted by atomic mass is 10.1. The maximum absolute atomic E-state index is 12.4. The zero-order chi connectivity index (χ0) is 24.5. The number of furan rings is 1. The maximum Gasteiger partial charge on any atom is 0.248 e. The molecule has 0 aliphatic heterocycles. The predicted molar refractivity (Wildman–Crippen MR) is 141 cm³/mol. The van der Waals surface area contributed by atoms with Crippen LogP contribution in [0.25, 0.3) is 40.0 Å². The first kappa shape index (κ1) is 23.0. The van der Waals surface area contributed by atoms with Crippen LogP contribution in [0.3, 0.4) is 0 Å². The zero-order valence-corrected chi connectivity index (χ0v) is 20.4. The Morgan fingerprint density at radius 3 is 2.31 bits per heavy atom. The van der Waals surface area contributed by atoms with Crippen molar-refractivity contribution in [2.75, 3.05) is 5.32 Å². The van der Waals surface area contributed by atoms with E-state index in [9.17, 15) is 4.79 Å². The quantitative estimate of drug-likeness (QED) is 0.245. The number of oxazole rings is 1. The summed E-state index contributed by atoms with van der Waals surface area (Å²) < 4.78 is 11.7. The smallest absolute Gasteiger partial charge is 0.248 e. The van der Waals surface area contributed by atoms with Gasteiger partial charge in [0.2, 0.25) is 11.8 Å². The number of aryl methyl sites for hydroxylation is 2.